The first-order valence-electron chi connectivity index (χ1n) is 9.48. The Morgan fingerprint density at radius 3 is 2.79 bits per heavy atom. The minimum Gasteiger partial charge on any atom is -0.345 e. The molecule has 1 fully saturated rings. The molecule has 2 aliphatic heterocycles. The van der Waals surface area contributed by atoms with Crippen molar-refractivity contribution in [3.05, 3.63) is 72.1 Å². The second-order valence-corrected chi connectivity index (χ2v) is 7.40. The van der Waals surface area contributed by atoms with Crippen LogP contribution in [-0.4, -0.2) is 39.8 Å². The first kappa shape index (κ1) is 16.7. The van der Waals surface area contributed by atoms with Crippen LogP contribution in [0.2, 0.25) is 0 Å². The van der Waals surface area contributed by atoms with Crippen LogP contribution in [0.25, 0.3) is 11.4 Å². The predicted octanol–water partition coefficient (Wildman–Crippen LogP) is 3.20. The number of amides is 2. The Morgan fingerprint density at radius 2 is 1.93 bits per heavy atom. The molecule has 1 unspecified atom stereocenters. The summed E-state index contributed by atoms with van der Waals surface area (Å²) in [4.78, 5) is 35.5. The summed E-state index contributed by atoms with van der Waals surface area (Å²) in [5, 5.41) is 3.00. The lowest BCUT2D eigenvalue weighted by Gasteiger charge is -2.39. The monoisotopic (exact) mass is 372 g/mol. The Bertz CT molecular complexity index is 1060. The number of anilines is 1. The summed E-state index contributed by atoms with van der Waals surface area (Å²) in [6.45, 7) is 1.03. The van der Waals surface area contributed by atoms with Gasteiger partial charge in [0.1, 0.15) is 5.82 Å². The Hall–Kier alpha value is -3.41. The number of nitrogens with zero attached hydrogens (tertiary/aromatic N) is 2. The molecule has 1 aromatic heterocycles. The van der Waals surface area contributed by atoms with Crippen LogP contribution in [0.15, 0.2) is 60.9 Å². The number of fused-ring (bicyclic) bond motifs is 2. The van der Waals surface area contributed by atoms with Crippen molar-refractivity contribution in [2.45, 2.75) is 18.3 Å². The molecule has 6 nitrogen and oxygen atoms in total. The molecule has 0 bridgehead atoms. The zero-order valence-corrected chi connectivity index (χ0v) is 15.3. The quantitative estimate of drug-likeness (QED) is 0.725. The van der Waals surface area contributed by atoms with Crippen LogP contribution < -0.4 is 5.32 Å². The molecule has 1 atom stereocenters. The van der Waals surface area contributed by atoms with Crippen molar-refractivity contribution in [2.75, 3.05) is 18.4 Å². The number of likely N-dealkylation sites (tertiary alicyclic amines) is 1. The van der Waals surface area contributed by atoms with Gasteiger partial charge in [0.2, 0.25) is 5.91 Å². The number of aromatic amines is 1. The van der Waals surface area contributed by atoms with E-state index in [2.05, 4.69) is 15.3 Å². The number of piperidine rings is 1. The smallest absolute Gasteiger partial charge is 0.254 e. The van der Waals surface area contributed by atoms with Gasteiger partial charge in [0.15, 0.2) is 0 Å². The van der Waals surface area contributed by atoms with E-state index in [0.29, 0.717) is 24.5 Å². The number of H-pyrrole nitrogens is 1. The van der Waals surface area contributed by atoms with E-state index < -0.39 is 5.41 Å². The molecule has 2 aromatic carbocycles. The van der Waals surface area contributed by atoms with Gasteiger partial charge in [-0.3, -0.25) is 9.59 Å². The molecule has 6 heteroatoms. The number of nitrogens with one attached hydrogen (secondary N) is 2. The maximum Gasteiger partial charge on any atom is 0.254 e. The van der Waals surface area contributed by atoms with Gasteiger partial charge in [0.05, 0.1) is 11.0 Å². The number of aromatic nitrogens is 2. The molecular weight excluding hydrogens is 352 g/mol. The highest BCUT2D eigenvalue weighted by Crippen LogP contribution is 2.44. The van der Waals surface area contributed by atoms with Crippen LogP contribution in [0.4, 0.5) is 5.69 Å². The molecule has 28 heavy (non-hydrogen) atoms. The van der Waals surface area contributed by atoms with Gasteiger partial charge in [-0.2, -0.15) is 0 Å². The Kier molecular flexibility index (Phi) is 3.79. The maximum absolute atomic E-state index is 13.4. The summed E-state index contributed by atoms with van der Waals surface area (Å²) in [6, 6.07) is 15.3. The summed E-state index contributed by atoms with van der Waals surface area (Å²) in [5.74, 6) is 0.591. The molecule has 3 heterocycles. The third kappa shape index (κ3) is 2.45. The molecule has 2 amide bonds. The van der Waals surface area contributed by atoms with Gasteiger partial charge in [-0.1, -0.05) is 36.4 Å². The van der Waals surface area contributed by atoms with Crippen LogP contribution in [0.3, 0.4) is 0 Å². The zero-order valence-electron chi connectivity index (χ0n) is 15.3. The van der Waals surface area contributed by atoms with E-state index in [9.17, 15) is 9.59 Å². The Morgan fingerprint density at radius 1 is 1.11 bits per heavy atom. The van der Waals surface area contributed by atoms with Crippen molar-refractivity contribution in [2.24, 2.45) is 0 Å². The average Bonchev–Trinajstić information content (AvgIpc) is 3.36. The van der Waals surface area contributed by atoms with Crippen LogP contribution in [-0.2, 0) is 10.2 Å². The molecule has 2 N–H and O–H groups in total. The SMILES string of the molecule is O=C(c1ccccc1-c1ncc[nH]1)N1CCCC2(C1)C(=O)Nc1ccccc12. The van der Waals surface area contributed by atoms with E-state index in [4.69, 9.17) is 0 Å². The van der Waals surface area contributed by atoms with Gasteiger partial charge >= 0.3 is 0 Å². The number of hydrogen-bond acceptors (Lipinski definition) is 3. The standard InChI is InChI=1S/C22H20N4O2/c27-20(16-7-2-1-6-15(16)19-23-11-12-24-19)26-13-5-10-22(14-26)17-8-3-4-9-18(17)25-21(22)28/h1-4,6-9,11-12H,5,10,13-14H2,(H,23,24)(H,25,28). The number of hydrogen-bond donors (Lipinski definition) is 2. The fourth-order valence-corrected chi connectivity index (χ4v) is 4.47. The highest BCUT2D eigenvalue weighted by atomic mass is 16.2. The van der Waals surface area contributed by atoms with Gasteiger partial charge in [0.25, 0.3) is 5.91 Å². The van der Waals surface area contributed by atoms with Gasteiger partial charge in [-0.15, -0.1) is 0 Å². The highest BCUT2D eigenvalue weighted by Gasteiger charge is 2.50. The van der Waals surface area contributed by atoms with E-state index in [-0.39, 0.29) is 11.8 Å². The third-order valence-electron chi connectivity index (χ3n) is 5.82. The summed E-state index contributed by atoms with van der Waals surface area (Å²) in [5.41, 5.74) is 2.56. The molecule has 2 aliphatic rings. The number of carbonyl (C=O) groups excluding carboxylic acids is 2. The molecular formula is C22H20N4O2. The second kappa shape index (κ2) is 6.34. The molecule has 1 saturated heterocycles. The van der Waals surface area contributed by atoms with E-state index in [1.165, 1.54) is 0 Å². The van der Waals surface area contributed by atoms with Crippen LogP contribution in [0.5, 0.6) is 0 Å². The number of benzene rings is 2. The lowest BCUT2D eigenvalue weighted by molar-refractivity contribution is -0.122. The summed E-state index contributed by atoms with van der Waals surface area (Å²) < 4.78 is 0. The molecule has 140 valence electrons. The molecule has 0 radical (unpaired) electrons. The van der Waals surface area contributed by atoms with Gasteiger partial charge in [-0.25, -0.2) is 4.98 Å². The second-order valence-electron chi connectivity index (χ2n) is 7.40. The van der Waals surface area contributed by atoms with Gasteiger partial charge < -0.3 is 15.2 Å². The van der Waals surface area contributed by atoms with E-state index in [0.717, 1.165) is 29.7 Å². The van der Waals surface area contributed by atoms with Crippen LogP contribution in [0.1, 0.15) is 28.8 Å². The molecule has 0 aliphatic carbocycles. The number of carbonyl (C=O) groups is 2. The molecule has 1 spiro atoms. The Balaban J connectivity index is 1.51. The van der Waals surface area contributed by atoms with Crippen LogP contribution >= 0.6 is 0 Å². The van der Waals surface area contributed by atoms with E-state index in [1.807, 2.05) is 53.4 Å². The van der Waals surface area contributed by atoms with Crippen molar-refractivity contribution in [3.63, 3.8) is 0 Å². The topological polar surface area (TPSA) is 78.1 Å². The number of rotatable bonds is 2. The van der Waals surface area contributed by atoms with Gasteiger partial charge in [-0.05, 0) is 30.5 Å². The fraction of sp³-hybridized carbons (Fsp3) is 0.227. The average molecular weight is 372 g/mol. The largest absolute Gasteiger partial charge is 0.345 e. The first-order valence-corrected chi connectivity index (χ1v) is 9.48. The van der Waals surface area contributed by atoms with E-state index >= 15 is 0 Å². The van der Waals surface area contributed by atoms with Crippen molar-refractivity contribution in [3.8, 4) is 11.4 Å². The summed E-state index contributed by atoms with van der Waals surface area (Å²) >= 11 is 0. The van der Waals surface area contributed by atoms with Crippen molar-refractivity contribution >= 4 is 17.5 Å². The fourth-order valence-electron chi connectivity index (χ4n) is 4.47. The minimum atomic E-state index is -0.663. The Labute approximate surface area is 162 Å². The number of para-hydroxylation sites is 1. The van der Waals surface area contributed by atoms with Gasteiger partial charge in [0, 0.05) is 36.7 Å². The predicted molar refractivity (Wildman–Crippen MR) is 106 cm³/mol. The van der Waals surface area contributed by atoms with Crippen molar-refractivity contribution in [1.29, 1.82) is 0 Å². The number of imidazole rings is 1. The molecule has 0 saturated carbocycles. The summed E-state index contributed by atoms with van der Waals surface area (Å²) in [7, 11) is 0. The zero-order chi connectivity index (χ0) is 19.1. The lowest BCUT2D eigenvalue weighted by Crippen LogP contribution is -2.51. The third-order valence-corrected chi connectivity index (χ3v) is 5.82. The lowest BCUT2D eigenvalue weighted by atomic mass is 9.75. The molecule has 3 aromatic rings. The normalized spacial score (nSPS) is 20.9. The molecule has 5 rings (SSSR count). The maximum atomic E-state index is 13.4. The van der Waals surface area contributed by atoms with Crippen LogP contribution in [0, 0.1) is 0 Å². The minimum absolute atomic E-state index is 0.00878. The van der Waals surface area contributed by atoms with Crippen molar-refractivity contribution < 1.29 is 9.59 Å². The first-order chi connectivity index (χ1) is 13.7. The summed E-state index contributed by atoms with van der Waals surface area (Å²) in [6.07, 6.45) is 4.95. The highest BCUT2D eigenvalue weighted by molar-refractivity contribution is 6.07. The van der Waals surface area contributed by atoms with E-state index in [1.54, 1.807) is 12.4 Å². The van der Waals surface area contributed by atoms with Crippen molar-refractivity contribution in [1.82, 2.24) is 14.9 Å².